The summed E-state index contributed by atoms with van der Waals surface area (Å²) in [6, 6.07) is 8.64. The Morgan fingerprint density at radius 1 is 1.08 bits per heavy atom. The molecule has 3 heterocycles. The molecule has 0 N–H and O–H groups in total. The second-order valence-corrected chi connectivity index (χ2v) is 13.4. The average molecular weight is 681 g/mol. The smallest absolute Gasteiger partial charge is 0.416 e. The van der Waals surface area contributed by atoms with Gasteiger partial charge in [0.2, 0.25) is 0 Å². The lowest BCUT2D eigenvalue weighted by atomic mass is 9.99. The first kappa shape index (κ1) is 37.6. The maximum absolute atomic E-state index is 13.7. The number of anilines is 1. The highest BCUT2D eigenvalue weighted by Crippen LogP contribution is 2.34. The summed E-state index contributed by atoms with van der Waals surface area (Å²) in [6.45, 7) is 13.0. The number of rotatable bonds is 9. The van der Waals surface area contributed by atoms with Crippen LogP contribution in [-0.2, 0) is 28.5 Å². The van der Waals surface area contributed by atoms with Crippen LogP contribution in [0.2, 0.25) is 0 Å². The highest BCUT2D eigenvalue weighted by molar-refractivity contribution is 5.97. The molecule has 12 nitrogen and oxygen atoms in total. The lowest BCUT2D eigenvalue weighted by Crippen LogP contribution is -2.38. The number of ketones is 1. The van der Waals surface area contributed by atoms with Gasteiger partial charge >= 0.3 is 12.1 Å². The number of carbonyl (C=O) groups excluding carboxylic acids is 3. The van der Waals surface area contributed by atoms with Gasteiger partial charge < -0.3 is 33.2 Å². The van der Waals surface area contributed by atoms with Crippen LogP contribution >= 0.6 is 0 Å². The minimum absolute atomic E-state index is 0.122. The number of ether oxygens (including phenoxy) is 7. The largest absolute Gasteiger partial charge is 0.493 e. The van der Waals surface area contributed by atoms with E-state index < -0.39 is 41.8 Å². The SMILES string of the molecule is COCOc1cc(OCCCN(C(=O)OC(C)(C)C)c2ccccn2)cc2c1C(=O)O[C@@H](C)[C@H](C)/C=C\C(=O)[C@H]1OC(C)(C)O[C@H]1CC=C2. The third kappa shape index (κ3) is 10.6. The van der Waals surface area contributed by atoms with Crippen molar-refractivity contribution in [1.29, 1.82) is 0 Å². The Morgan fingerprint density at radius 3 is 2.55 bits per heavy atom. The van der Waals surface area contributed by atoms with E-state index in [0.29, 0.717) is 30.0 Å². The summed E-state index contributed by atoms with van der Waals surface area (Å²) in [5.41, 5.74) is -0.00598. The van der Waals surface area contributed by atoms with Gasteiger partial charge in [0.25, 0.3) is 0 Å². The van der Waals surface area contributed by atoms with Crippen molar-refractivity contribution in [3.8, 4) is 11.5 Å². The molecule has 0 unspecified atom stereocenters. The number of fused-ring (bicyclic) bond motifs is 2. The van der Waals surface area contributed by atoms with Gasteiger partial charge in [-0.3, -0.25) is 9.69 Å². The number of carbonyl (C=O) groups is 3. The molecule has 1 aromatic heterocycles. The Bertz CT molecular complexity index is 1520. The molecular weight excluding hydrogens is 632 g/mol. The topological polar surface area (TPSA) is 132 Å². The molecular formula is C37H48N2O10. The molecule has 0 spiro atoms. The number of methoxy groups -OCH3 is 1. The highest BCUT2D eigenvalue weighted by atomic mass is 16.8. The predicted molar refractivity (Wildman–Crippen MR) is 183 cm³/mol. The van der Waals surface area contributed by atoms with Crippen LogP contribution < -0.4 is 14.4 Å². The van der Waals surface area contributed by atoms with Crippen molar-refractivity contribution in [3.05, 3.63) is 65.9 Å². The summed E-state index contributed by atoms with van der Waals surface area (Å²) in [6.07, 6.45) is 6.73. The van der Waals surface area contributed by atoms with E-state index in [9.17, 15) is 14.4 Å². The van der Waals surface area contributed by atoms with E-state index >= 15 is 0 Å². The maximum atomic E-state index is 13.7. The van der Waals surface area contributed by atoms with E-state index in [-0.39, 0.29) is 43.0 Å². The Balaban J connectivity index is 1.61. The van der Waals surface area contributed by atoms with Gasteiger partial charge in [0.1, 0.15) is 40.7 Å². The van der Waals surface area contributed by atoms with Crippen LogP contribution in [0.3, 0.4) is 0 Å². The third-order valence-electron chi connectivity index (χ3n) is 7.70. The summed E-state index contributed by atoms with van der Waals surface area (Å²) in [4.78, 5) is 45.6. The number of pyridine rings is 1. The minimum Gasteiger partial charge on any atom is -0.493 e. The summed E-state index contributed by atoms with van der Waals surface area (Å²) >= 11 is 0. The van der Waals surface area contributed by atoms with Crippen molar-refractivity contribution in [2.45, 2.75) is 91.0 Å². The fourth-order valence-corrected chi connectivity index (χ4v) is 5.23. The van der Waals surface area contributed by atoms with Crippen LogP contribution in [0.1, 0.15) is 77.2 Å². The van der Waals surface area contributed by atoms with Gasteiger partial charge in [-0.25, -0.2) is 14.6 Å². The Morgan fingerprint density at radius 2 is 1.86 bits per heavy atom. The maximum Gasteiger partial charge on any atom is 0.416 e. The number of nitrogens with zero attached hydrogens (tertiary/aromatic N) is 2. The lowest BCUT2D eigenvalue weighted by Gasteiger charge is -2.26. The molecule has 0 aliphatic carbocycles. The van der Waals surface area contributed by atoms with Crippen molar-refractivity contribution < 1.29 is 47.5 Å². The molecule has 2 aliphatic rings. The van der Waals surface area contributed by atoms with Crippen LogP contribution in [0.4, 0.5) is 10.6 Å². The highest BCUT2D eigenvalue weighted by Gasteiger charge is 2.43. The number of benzene rings is 1. The van der Waals surface area contributed by atoms with Crippen LogP contribution in [0.15, 0.2) is 54.8 Å². The summed E-state index contributed by atoms with van der Waals surface area (Å²) in [5.74, 6) is -0.934. The van der Waals surface area contributed by atoms with Crippen molar-refractivity contribution >= 4 is 29.7 Å². The van der Waals surface area contributed by atoms with E-state index in [1.807, 2.05) is 13.0 Å². The standard InChI is InChI=1S/C37H48N2O10/c1-24-16-17-28(40)33-29(47-37(6,7)48-33)14-11-13-26-21-27(22-30(45-23-43-8)32(26)34(41)46-25(24)2)44-20-12-19-39(31-15-9-10-18-38-31)35(42)49-36(3,4)5/h9-11,13,15-18,21-22,24-25,29,33H,12,14,19-20,23H2,1-8H3/b13-11?,17-16-/t24-,25+,29+,33-/m1/s1. The number of amides is 1. The first-order valence-electron chi connectivity index (χ1n) is 16.5. The molecule has 0 bridgehead atoms. The van der Waals surface area contributed by atoms with E-state index in [1.54, 1.807) is 90.2 Å². The molecule has 12 heteroatoms. The van der Waals surface area contributed by atoms with E-state index in [1.165, 1.54) is 18.1 Å². The second kappa shape index (κ2) is 16.4. The molecule has 2 aliphatic heterocycles. The van der Waals surface area contributed by atoms with Gasteiger partial charge in [-0.2, -0.15) is 0 Å². The van der Waals surface area contributed by atoms with Crippen LogP contribution in [0.25, 0.3) is 6.08 Å². The quantitative estimate of drug-likeness (QED) is 0.163. The fraction of sp³-hybridized carbons (Fsp3) is 0.514. The molecule has 4 rings (SSSR count). The third-order valence-corrected chi connectivity index (χ3v) is 7.70. The van der Waals surface area contributed by atoms with Gasteiger partial charge in [-0.05, 0) is 84.2 Å². The molecule has 266 valence electrons. The van der Waals surface area contributed by atoms with Crippen molar-refractivity contribution in [2.24, 2.45) is 5.92 Å². The van der Waals surface area contributed by atoms with Crippen molar-refractivity contribution in [1.82, 2.24) is 4.98 Å². The van der Waals surface area contributed by atoms with Gasteiger partial charge in [0, 0.05) is 31.8 Å². The molecule has 1 amide bonds. The first-order valence-corrected chi connectivity index (χ1v) is 16.5. The predicted octanol–water partition coefficient (Wildman–Crippen LogP) is 6.52. The summed E-state index contributed by atoms with van der Waals surface area (Å²) < 4.78 is 40.7. The average Bonchev–Trinajstić information content (AvgIpc) is 3.35. The monoisotopic (exact) mass is 680 g/mol. The molecule has 1 fully saturated rings. The Hall–Kier alpha value is -4.26. The Kier molecular flexibility index (Phi) is 12.6. The minimum atomic E-state index is -0.936. The fourth-order valence-electron chi connectivity index (χ4n) is 5.23. The molecule has 1 saturated heterocycles. The molecule has 4 atom stereocenters. The van der Waals surface area contributed by atoms with E-state index in [2.05, 4.69) is 4.98 Å². The number of hydrogen-bond donors (Lipinski definition) is 0. The van der Waals surface area contributed by atoms with Gasteiger partial charge in [-0.15, -0.1) is 0 Å². The number of cyclic esters (lactones) is 1. The molecule has 1 aromatic carbocycles. The summed E-state index contributed by atoms with van der Waals surface area (Å²) in [5, 5.41) is 0. The van der Waals surface area contributed by atoms with Crippen LogP contribution in [-0.4, -0.2) is 79.6 Å². The summed E-state index contributed by atoms with van der Waals surface area (Å²) in [7, 11) is 1.48. The van der Waals surface area contributed by atoms with Crippen molar-refractivity contribution in [3.63, 3.8) is 0 Å². The van der Waals surface area contributed by atoms with Crippen LogP contribution in [0.5, 0.6) is 11.5 Å². The normalized spacial score (nSPS) is 23.0. The van der Waals surface area contributed by atoms with Gasteiger partial charge in [0.05, 0.1) is 12.7 Å². The Labute approximate surface area is 288 Å². The van der Waals surface area contributed by atoms with Gasteiger partial charge in [-0.1, -0.05) is 31.2 Å². The molecule has 2 aromatic rings. The first-order chi connectivity index (χ1) is 23.2. The van der Waals surface area contributed by atoms with Crippen LogP contribution in [0, 0.1) is 5.92 Å². The molecule has 49 heavy (non-hydrogen) atoms. The van der Waals surface area contributed by atoms with Gasteiger partial charge in [0.15, 0.2) is 18.4 Å². The number of esters is 1. The number of hydrogen-bond acceptors (Lipinski definition) is 11. The zero-order chi connectivity index (χ0) is 35.8. The number of aromatic nitrogens is 1. The molecule has 0 saturated carbocycles. The van der Waals surface area contributed by atoms with E-state index in [4.69, 9.17) is 33.2 Å². The van der Waals surface area contributed by atoms with Crippen molar-refractivity contribution in [2.75, 3.05) is 32.0 Å². The zero-order valence-corrected chi connectivity index (χ0v) is 29.6. The zero-order valence-electron chi connectivity index (χ0n) is 29.6. The second-order valence-electron chi connectivity index (χ2n) is 13.4. The lowest BCUT2D eigenvalue weighted by molar-refractivity contribution is -0.152. The molecule has 0 radical (unpaired) electrons. The van der Waals surface area contributed by atoms with E-state index in [0.717, 1.165) is 0 Å².